The number of rotatable bonds is 9. The van der Waals surface area contributed by atoms with E-state index in [1.165, 1.54) is 44.6 Å². The third-order valence-electron chi connectivity index (χ3n) is 4.63. The maximum Gasteiger partial charge on any atom is 0.184 e. The van der Waals surface area contributed by atoms with Crippen molar-refractivity contribution in [1.29, 1.82) is 5.26 Å². The van der Waals surface area contributed by atoms with Gasteiger partial charge in [0.05, 0.1) is 13.2 Å². The summed E-state index contributed by atoms with van der Waals surface area (Å²) < 4.78 is 38.6. The molecular formula is C20H27F2NO2. The molecule has 1 aliphatic rings. The van der Waals surface area contributed by atoms with E-state index in [1.807, 2.05) is 0 Å². The molecule has 0 saturated carbocycles. The number of nitriles is 1. The van der Waals surface area contributed by atoms with E-state index in [0.717, 1.165) is 25.0 Å². The third kappa shape index (κ3) is 6.05. The van der Waals surface area contributed by atoms with Gasteiger partial charge in [-0.15, -0.1) is 0 Å². The van der Waals surface area contributed by atoms with Gasteiger partial charge in [0.25, 0.3) is 0 Å². The van der Waals surface area contributed by atoms with Crippen molar-refractivity contribution in [2.75, 3.05) is 13.2 Å². The number of ether oxygens (including phenoxy) is 2. The first-order chi connectivity index (χ1) is 12.2. The van der Waals surface area contributed by atoms with Crippen LogP contribution < -0.4 is 0 Å². The molecule has 1 aliphatic heterocycles. The Kier molecular flexibility index (Phi) is 8.30. The highest BCUT2D eigenvalue weighted by Crippen LogP contribution is 2.29. The fourth-order valence-corrected chi connectivity index (χ4v) is 3.13. The van der Waals surface area contributed by atoms with Crippen LogP contribution in [0, 0.1) is 28.9 Å². The normalized spacial score (nSPS) is 20.4. The fourth-order valence-electron chi connectivity index (χ4n) is 3.13. The van der Waals surface area contributed by atoms with Crippen molar-refractivity contribution >= 4 is 0 Å². The molecule has 3 nitrogen and oxygen atoms in total. The highest BCUT2D eigenvalue weighted by atomic mass is 19.1. The van der Waals surface area contributed by atoms with E-state index in [-0.39, 0.29) is 5.56 Å². The van der Waals surface area contributed by atoms with Crippen LogP contribution in [0.3, 0.4) is 0 Å². The van der Waals surface area contributed by atoms with E-state index in [2.05, 4.69) is 6.92 Å². The Morgan fingerprint density at radius 2 is 1.56 bits per heavy atom. The van der Waals surface area contributed by atoms with Crippen molar-refractivity contribution < 1.29 is 18.3 Å². The van der Waals surface area contributed by atoms with Crippen LogP contribution in [-0.4, -0.2) is 13.2 Å². The van der Waals surface area contributed by atoms with Gasteiger partial charge in [-0.1, -0.05) is 51.9 Å². The van der Waals surface area contributed by atoms with Gasteiger partial charge in [0.1, 0.15) is 23.3 Å². The molecule has 0 spiro atoms. The lowest BCUT2D eigenvalue weighted by atomic mass is 10.0. The summed E-state index contributed by atoms with van der Waals surface area (Å²) in [7, 11) is 0. The minimum Gasteiger partial charge on any atom is -0.348 e. The second kappa shape index (κ2) is 10.5. The van der Waals surface area contributed by atoms with Gasteiger partial charge < -0.3 is 9.47 Å². The van der Waals surface area contributed by atoms with Crippen LogP contribution >= 0.6 is 0 Å². The monoisotopic (exact) mass is 351 g/mol. The Balaban J connectivity index is 1.70. The number of hydrogen-bond acceptors (Lipinski definition) is 3. The van der Waals surface area contributed by atoms with E-state index in [9.17, 15) is 8.78 Å². The third-order valence-corrected chi connectivity index (χ3v) is 4.63. The van der Waals surface area contributed by atoms with Gasteiger partial charge in [-0.3, -0.25) is 0 Å². The summed E-state index contributed by atoms with van der Waals surface area (Å²) in [6.45, 7) is 3.28. The minimum absolute atomic E-state index is 0.281. The molecular weight excluding hydrogens is 324 g/mol. The summed E-state index contributed by atoms with van der Waals surface area (Å²) in [5.74, 6) is -1.43. The van der Waals surface area contributed by atoms with E-state index < -0.39 is 23.5 Å². The van der Waals surface area contributed by atoms with Crippen molar-refractivity contribution in [1.82, 2.24) is 0 Å². The quantitative estimate of drug-likeness (QED) is 0.541. The number of hydrogen-bond donors (Lipinski definition) is 0. The number of halogens is 2. The van der Waals surface area contributed by atoms with Gasteiger partial charge in [-0.05, 0) is 18.6 Å². The van der Waals surface area contributed by atoms with Crippen molar-refractivity contribution in [3.63, 3.8) is 0 Å². The SMILES string of the molecule is CCCCCCCCC[C@H]1CO[C@H](c2cc(F)c(C#N)c(F)c2)OC1. The standard InChI is InChI=1S/C20H27F2NO2/c1-2-3-4-5-6-7-8-9-15-13-24-20(25-14-15)16-10-18(21)17(12-23)19(22)11-16/h10-11,15,20H,2-9,13-14H2,1H3/t15-,20-. The molecule has 1 fully saturated rings. The zero-order valence-corrected chi connectivity index (χ0v) is 14.9. The minimum atomic E-state index is -0.880. The molecule has 0 amide bonds. The molecule has 0 aromatic heterocycles. The van der Waals surface area contributed by atoms with Crippen LogP contribution in [0.2, 0.25) is 0 Å². The molecule has 2 rings (SSSR count). The van der Waals surface area contributed by atoms with Gasteiger partial charge in [-0.2, -0.15) is 5.26 Å². The number of benzene rings is 1. The molecule has 0 atom stereocenters. The Morgan fingerprint density at radius 3 is 2.12 bits per heavy atom. The zero-order chi connectivity index (χ0) is 18.1. The van der Waals surface area contributed by atoms with E-state index >= 15 is 0 Å². The van der Waals surface area contributed by atoms with Crippen molar-refractivity contribution in [2.45, 2.75) is 64.6 Å². The second-order valence-electron chi connectivity index (χ2n) is 6.75. The summed E-state index contributed by atoms with van der Waals surface area (Å²) >= 11 is 0. The topological polar surface area (TPSA) is 42.2 Å². The molecule has 25 heavy (non-hydrogen) atoms. The van der Waals surface area contributed by atoms with Crippen LogP contribution in [-0.2, 0) is 9.47 Å². The zero-order valence-electron chi connectivity index (χ0n) is 14.9. The summed E-state index contributed by atoms with van der Waals surface area (Å²) in [6.07, 6.45) is 9.19. The van der Waals surface area contributed by atoms with Gasteiger partial charge >= 0.3 is 0 Å². The van der Waals surface area contributed by atoms with Crippen LogP contribution in [0.5, 0.6) is 0 Å². The van der Waals surface area contributed by atoms with Crippen molar-refractivity contribution in [3.05, 3.63) is 34.9 Å². The average molecular weight is 351 g/mol. The maximum atomic E-state index is 13.7. The highest BCUT2D eigenvalue weighted by molar-refractivity contribution is 5.35. The largest absolute Gasteiger partial charge is 0.348 e. The van der Waals surface area contributed by atoms with Crippen LogP contribution in [0.4, 0.5) is 8.78 Å². The first kappa shape index (κ1) is 19.8. The molecule has 0 radical (unpaired) electrons. The number of unbranched alkanes of at least 4 members (excludes halogenated alkanes) is 6. The Bertz CT molecular complexity index is 555. The molecule has 0 aliphatic carbocycles. The van der Waals surface area contributed by atoms with E-state index in [1.54, 1.807) is 0 Å². The lowest BCUT2D eigenvalue weighted by Gasteiger charge is -2.29. The van der Waals surface area contributed by atoms with Gasteiger partial charge in [0.15, 0.2) is 6.29 Å². The number of nitrogens with zero attached hydrogens (tertiary/aromatic N) is 1. The first-order valence-corrected chi connectivity index (χ1v) is 9.28. The van der Waals surface area contributed by atoms with E-state index in [0.29, 0.717) is 19.1 Å². The molecule has 0 N–H and O–H groups in total. The van der Waals surface area contributed by atoms with Gasteiger partial charge in [0, 0.05) is 11.5 Å². The Hall–Kier alpha value is -1.51. The molecule has 0 unspecified atom stereocenters. The first-order valence-electron chi connectivity index (χ1n) is 9.28. The van der Waals surface area contributed by atoms with Gasteiger partial charge in [0.2, 0.25) is 0 Å². The summed E-state index contributed by atoms with van der Waals surface area (Å²) in [6, 6.07) is 3.74. The highest BCUT2D eigenvalue weighted by Gasteiger charge is 2.25. The van der Waals surface area contributed by atoms with Crippen molar-refractivity contribution in [3.8, 4) is 6.07 Å². The summed E-state index contributed by atoms with van der Waals surface area (Å²) in [4.78, 5) is 0. The molecule has 1 heterocycles. The lowest BCUT2D eigenvalue weighted by Crippen LogP contribution is -2.27. The molecule has 1 saturated heterocycles. The lowest BCUT2D eigenvalue weighted by molar-refractivity contribution is -0.206. The van der Waals surface area contributed by atoms with Crippen molar-refractivity contribution in [2.24, 2.45) is 5.92 Å². The Labute approximate surface area is 148 Å². The summed E-state index contributed by atoms with van der Waals surface area (Å²) in [5, 5.41) is 8.71. The second-order valence-corrected chi connectivity index (χ2v) is 6.75. The fraction of sp³-hybridized carbons (Fsp3) is 0.650. The van der Waals surface area contributed by atoms with Crippen LogP contribution in [0.15, 0.2) is 12.1 Å². The molecule has 1 aromatic rings. The predicted octanol–water partition coefficient (Wildman–Crippen LogP) is 5.64. The molecule has 138 valence electrons. The van der Waals surface area contributed by atoms with Crippen LogP contribution in [0.1, 0.15) is 75.7 Å². The maximum absolute atomic E-state index is 13.7. The van der Waals surface area contributed by atoms with Crippen LogP contribution in [0.25, 0.3) is 0 Å². The molecule has 0 bridgehead atoms. The summed E-state index contributed by atoms with van der Waals surface area (Å²) in [5.41, 5.74) is -0.292. The average Bonchev–Trinajstić information content (AvgIpc) is 2.61. The van der Waals surface area contributed by atoms with E-state index in [4.69, 9.17) is 14.7 Å². The Morgan fingerprint density at radius 1 is 1.00 bits per heavy atom. The van der Waals surface area contributed by atoms with Gasteiger partial charge in [-0.25, -0.2) is 8.78 Å². The predicted molar refractivity (Wildman–Crippen MR) is 91.8 cm³/mol. The molecule has 5 heteroatoms. The molecule has 1 aromatic carbocycles. The smallest absolute Gasteiger partial charge is 0.184 e.